The highest BCUT2D eigenvalue weighted by molar-refractivity contribution is 5.76. The van der Waals surface area contributed by atoms with Gasteiger partial charge in [0.2, 0.25) is 5.91 Å². The molecule has 92 valence electrons. The molecule has 1 rings (SSSR count). The van der Waals surface area contributed by atoms with Crippen LogP contribution in [0.25, 0.3) is 0 Å². The van der Waals surface area contributed by atoms with Gasteiger partial charge in [0.25, 0.3) is 0 Å². The third kappa shape index (κ3) is 4.68. The minimum absolute atomic E-state index is 0.146. The molecule has 17 heavy (non-hydrogen) atoms. The molecule has 0 spiro atoms. The fourth-order valence-corrected chi connectivity index (χ4v) is 1.57. The molecule has 4 nitrogen and oxygen atoms in total. The van der Waals surface area contributed by atoms with E-state index < -0.39 is 0 Å². The van der Waals surface area contributed by atoms with E-state index in [1.807, 2.05) is 30.3 Å². The summed E-state index contributed by atoms with van der Waals surface area (Å²) in [6, 6.07) is 9.65. The van der Waals surface area contributed by atoms with E-state index in [4.69, 9.17) is 4.74 Å². The van der Waals surface area contributed by atoms with Crippen LogP contribution in [0.4, 0.5) is 0 Å². The van der Waals surface area contributed by atoms with E-state index in [1.165, 1.54) is 14.0 Å². The quantitative estimate of drug-likeness (QED) is 0.779. The van der Waals surface area contributed by atoms with E-state index in [-0.39, 0.29) is 17.8 Å². The van der Waals surface area contributed by atoms with Crippen molar-refractivity contribution < 1.29 is 14.3 Å². The second-order valence-electron chi connectivity index (χ2n) is 3.85. The van der Waals surface area contributed by atoms with Crippen LogP contribution >= 0.6 is 0 Å². The zero-order chi connectivity index (χ0) is 12.7. The normalized spacial score (nSPS) is 11.6. The molecular formula is C13H17NO3. The number of carbonyl (C=O) groups is 2. The Kier molecular flexibility index (Phi) is 5.20. The highest BCUT2D eigenvalue weighted by Crippen LogP contribution is 2.09. The van der Waals surface area contributed by atoms with Gasteiger partial charge in [0.1, 0.15) is 0 Å². The zero-order valence-electron chi connectivity index (χ0n) is 10.1. The summed E-state index contributed by atoms with van der Waals surface area (Å²) >= 11 is 0. The van der Waals surface area contributed by atoms with Crippen LogP contribution in [-0.4, -0.2) is 25.5 Å². The summed E-state index contributed by atoms with van der Waals surface area (Å²) in [7, 11) is 1.36. The molecule has 0 radical (unpaired) electrons. The van der Waals surface area contributed by atoms with Crippen molar-refractivity contribution in [1.82, 2.24) is 5.32 Å². The average molecular weight is 235 g/mol. The van der Waals surface area contributed by atoms with Crippen LogP contribution in [-0.2, 0) is 20.7 Å². The monoisotopic (exact) mass is 235 g/mol. The molecule has 0 heterocycles. The molecule has 0 aromatic heterocycles. The third-order valence-corrected chi connectivity index (χ3v) is 2.46. The van der Waals surface area contributed by atoms with Gasteiger partial charge >= 0.3 is 5.97 Å². The lowest BCUT2D eigenvalue weighted by Gasteiger charge is -2.14. The first-order valence-electron chi connectivity index (χ1n) is 5.49. The number of methoxy groups -OCH3 is 1. The number of ether oxygens (including phenoxy) is 1. The molecule has 0 bridgehead atoms. The van der Waals surface area contributed by atoms with Crippen molar-refractivity contribution in [3.8, 4) is 0 Å². The Morgan fingerprint density at radius 3 is 2.47 bits per heavy atom. The summed E-state index contributed by atoms with van der Waals surface area (Å²) in [6.07, 6.45) is 0.563. The summed E-state index contributed by atoms with van der Waals surface area (Å²) in [5, 5.41) is 2.64. The van der Waals surface area contributed by atoms with Gasteiger partial charge in [0, 0.05) is 13.5 Å². The maximum absolute atomic E-state index is 11.6. The standard InChI is InChI=1S/C13H17NO3/c1-10(15)14-9-12(13(16)17-2)8-11-6-4-3-5-7-11/h3-7,12H,8-9H2,1-2H3,(H,14,15). The van der Waals surface area contributed by atoms with Crippen LogP contribution in [0.1, 0.15) is 12.5 Å². The first-order valence-corrected chi connectivity index (χ1v) is 5.49. The Hall–Kier alpha value is -1.84. The molecular weight excluding hydrogens is 218 g/mol. The summed E-state index contributed by atoms with van der Waals surface area (Å²) in [5.41, 5.74) is 1.05. The minimum atomic E-state index is -0.341. The van der Waals surface area contributed by atoms with E-state index in [9.17, 15) is 9.59 Å². The van der Waals surface area contributed by atoms with E-state index in [0.717, 1.165) is 5.56 Å². The molecule has 0 aliphatic rings. The summed E-state index contributed by atoms with van der Waals surface area (Å²) in [5.74, 6) is -0.791. The predicted octanol–water partition coefficient (Wildman–Crippen LogP) is 1.15. The molecule has 0 saturated heterocycles. The van der Waals surface area contributed by atoms with Crippen LogP contribution in [0.2, 0.25) is 0 Å². The van der Waals surface area contributed by atoms with Gasteiger partial charge in [0.05, 0.1) is 13.0 Å². The topological polar surface area (TPSA) is 55.4 Å². The molecule has 0 aliphatic heterocycles. The number of esters is 1. The molecule has 1 N–H and O–H groups in total. The van der Waals surface area contributed by atoms with Crippen molar-refractivity contribution in [2.45, 2.75) is 13.3 Å². The first kappa shape index (κ1) is 13.2. The van der Waals surface area contributed by atoms with Crippen molar-refractivity contribution >= 4 is 11.9 Å². The molecule has 1 aromatic rings. The van der Waals surface area contributed by atoms with Crippen molar-refractivity contribution in [2.24, 2.45) is 5.92 Å². The van der Waals surface area contributed by atoms with Gasteiger partial charge in [-0.1, -0.05) is 30.3 Å². The largest absolute Gasteiger partial charge is 0.469 e. The molecule has 0 fully saturated rings. The van der Waals surface area contributed by atoms with E-state index in [2.05, 4.69) is 5.32 Å². The highest BCUT2D eigenvalue weighted by Gasteiger charge is 2.19. The van der Waals surface area contributed by atoms with E-state index in [1.54, 1.807) is 0 Å². The van der Waals surface area contributed by atoms with Gasteiger partial charge in [0.15, 0.2) is 0 Å². The van der Waals surface area contributed by atoms with Crippen molar-refractivity contribution in [1.29, 1.82) is 0 Å². The Bertz CT molecular complexity index is 376. The first-order chi connectivity index (χ1) is 8.13. The van der Waals surface area contributed by atoms with Gasteiger partial charge in [-0.25, -0.2) is 0 Å². The summed E-state index contributed by atoms with van der Waals surface area (Å²) in [6.45, 7) is 1.73. The second kappa shape index (κ2) is 6.68. The Morgan fingerprint density at radius 2 is 1.94 bits per heavy atom. The van der Waals surface area contributed by atoms with Gasteiger partial charge in [-0.15, -0.1) is 0 Å². The summed E-state index contributed by atoms with van der Waals surface area (Å²) < 4.78 is 4.73. The molecule has 1 unspecified atom stereocenters. The van der Waals surface area contributed by atoms with E-state index >= 15 is 0 Å². The smallest absolute Gasteiger partial charge is 0.310 e. The fourth-order valence-electron chi connectivity index (χ4n) is 1.57. The van der Waals surface area contributed by atoms with Gasteiger partial charge in [-0.2, -0.15) is 0 Å². The SMILES string of the molecule is COC(=O)C(CNC(C)=O)Cc1ccccc1. The molecule has 1 atom stereocenters. The number of hydrogen-bond donors (Lipinski definition) is 1. The van der Waals surface area contributed by atoms with Gasteiger partial charge in [-0.05, 0) is 12.0 Å². The molecule has 0 saturated carbocycles. The maximum Gasteiger partial charge on any atom is 0.310 e. The van der Waals surface area contributed by atoms with Crippen LogP contribution < -0.4 is 5.32 Å². The number of rotatable bonds is 5. The van der Waals surface area contributed by atoms with Gasteiger partial charge < -0.3 is 10.1 Å². The molecule has 1 aromatic carbocycles. The maximum atomic E-state index is 11.6. The second-order valence-corrected chi connectivity index (χ2v) is 3.85. The number of hydrogen-bond acceptors (Lipinski definition) is 3. The lowest BCUT2D eigenvalue weighted by Crippen LogP contribution is -2.33. The summed E-state index contributed by atoms with van der Waals surface area (Å²) in [4.78, 5) is 22.4. The zero-order valence-corrected chi connectivity index (χ0v) is 10.1. The highest BCUT2D eigenvalue weighted by atomic mass is 16.5. The minimum Gasteiger partial charge on any atom is -0.469 e. The Morgan fingerprint density at radius 1 is 1.29 bits per heavy atom. The van der Waals surface area contributed by atoms with Gasteiger partial charge in [-0.3, -0.25) is 9.59 Å². The average Bonchev–Trinajstić information content (AvgIpc) is 2.34. The Balaban J connectivity index is 2.63. The van der Waals surface area contributed by atoms with Crippen LogP contribution in [0, 0.1) is 5.92 Å². The van der Waals surface area contributed by atoms with E-state index in [0.29, 0.717) is 13.0 Å². The lowest BCUT2D eigenvalue weighted by atomic mass is 9.99. The third-order valence-electron chi connectivity index (χ3n) is 2.46. The number of nitrogens with one attached hydrogen (secondary N) is 1. The van der Waals surface area contributed by atoms with Crippen LogP contribution in [0.15, 0.2) is 30.3 Å². The van der Waals surface area contributed by atoms with Crippen LogP contribution in [0.5, 0.6) is 0 Å². The number of carbonyl (C=O) groups excluding carboxylic acids is 2. The van der Waals surface area contributed by atoms with Crippen molar-refractivity contribution in [3.63, 3.8) is 0 Å². The lowest BCUT2D eigenvalue weighted by molar-refractivity contribution is -0.145. The van der Waals surface area contributed by atoms with Crippen molar-refractivity contribution in [3.05, 3.63) is 35.9 Å². The molecule has 4 heteroatoms. The predicted molar refractivity (Wildman–Crippen MR) is 64.3 cm³/mol. The van der Waals surface area contributed by atoms with Crippen LogP contribution in [0.3, 0.4) is 0 Å². The molecule has 1 amide bonds. The fraction of sp³-hybridized carbons (Fsp3) is 0.385. The number of amides is 1. The van der Waals surface area contributed by atoms with Crippen molar-refractivity contribution in [2.75, 3.05) is 13.7 Å². The Labute approximate surface area is 101 Å². The molecule has 0 aliphatic carbocycles. The number of benzene rings is 1.